The zero-order chi connectivity index (χ0) is 21.1. The quantitative estimate of drug-likeness (QED) is 0.656. The Bertz CT molecular complexity index is 970. The van der Waals surface area contributed by atoms with Crippen LogP contribution in [0.2, 0.25) is 5.02 Å². The number of ether oxygens (including phenoxy) is 2. The predicted octanol–water partition coefficient (Wildman–Crippen LogP) is 2.87. The van der Waals surface area contributed by atoms with Crippen LogP contribution in [-0.2, 0) is 26.0 Å². The summed E-state index contributed by atoms with van der Waals surface area (Å²) in [6.45, 7) is -0.357. The van der Waals surface area contributed by atoms with Crippen molar-refractivity contribution in [3.05, 3.63) is 63.9 Å². The Balaban J connectivity index is 2.51. The first kappa shape index (κ1) is 21.8. The van der Waals surface area contributed by atoms with E-state index in [0.29, 0.717) is 0 Å². The number of esters is 2. The average molecular weight is 430 g/mol. The lowest BCUT2D eigenvalue weighted by molar-refractivity contribution is 0.0598. The Hall–Kier alpha value is -2.49. The van der Waals surface area contributed by atoms with E-state index < -0.39 is 27.8 Å². The lowest BCUT2D eigenvalue weighted by atomic mass is 10.1. The van der Waals surface area contributed by atoms with Crippen LogP contribution in [0.1, 0.15) is 26.3 Å². The van der Waals surface area contributed by atoms with Gasteiger partial charge in [0, 0.05) is 24.2 Å². The van der Waals surface area contributed by atoms with E-state index in [2.05, 4.69) is 9.47 Å². The van der Waals surface area contributed by atoms with Gasteiger partial charge in [-0.15, -0.1) is 0 Å². The van der Waals surface area contributed by atoms with Crippen molar-refractivity contribution in [1.82, 2.24) is 4.31 Å². The number of hydrogen-bond acceptors (Lipinski definition) is 6. The van der Waals surface area contributed by atoms with Crippen LogP contribution in [0.3, 0.4) is 0 Å². The molecule has 0 heterocycles. The molecule has 10 heteroatoms. The molecule has 0 aliphatic carbocycles. The van der Waals surface area contributed by atoms with Gasteiger partial charge >= 0.3 is 11.9 Å². The van der Waals surface area contributed by atoms with Crippen molar-refractivity contribution in [3.8, 4) is 0 Å². The highest BCUT2D eigenvalue weighted by Gasteiger charge is 2.26. The van der Waals surface area contributed by atoms with Crippen molar-refractivity contribution >= 4 is 33.6 Å². The molecule has 2 aromatic carbocycles. The van der Waals surface area contributed by atoms with E-state index in [9.17, 15) is 22.4 Å². The van der Waals surface area contributed by atoms with Gasteiger partial charge in [0.25, 0.3) is 0 Å². The van der Waals surface area contributed by atoms with Crippen molar-refractivity contribution in [3.63, 3.8) is 0 Å². The monoisotopic (exact) mass is 429 g/mol. The minimum absolute atomic E-state index is 0.00689. The van der Waals surface area contributed by atoms with Crippen LogP contribution in [0.15, 0.2) is 41.3 Å². The molecule has 0 saturated heterocycles. The first-order valence-corrected chi connectivity index (χ1v) is 9.64. The fourth-order valence-electron chi connectivity index (χ4n) is 2.39. The second-order valence-corrected chi connectivity index (χ2v) is 8.14. The average Bonchev–Trinajstić information content (AvgIpc) is 2.68. The summed E-state index contributed by atoms with van der Waals surface area (Å²) in [7, 11) is -0.746. The van der Waals surface area contributed by atoms with Gasteiger partial charge in [-0.05, 0) is 30.3 Å². The fourth-order valence-corrected chi connectivity index (χ4v) is 3.82. The number of carbonyl (C=O) groups is 2. The summed E-state index contributed by atoms with van der Waals surface area (Å²) in [4.78, 5) is 23.4. The van der Waals surface area contributed by atoms with Gasteiger partial charge in [-0.2, -0.15) is 4.31 Å². The molecule has 0 aromatic heterocycles. The number of methoxy groups -OCH3 is 2. The second-order valence-electron chi connectivity index (χ2n) is 5.69. The van der Waals surface area contributed by atoms with Crippen LogP contribution in [0.5, 0.6) is 0 Å². The van der Waals surface area contributed by atoms with E-state index in [4.69, 9.17) is 11.6 Å². The van der Waals surface area contributed by atoms with Crippen LogP contribution >= 0.6 is 11.6 Å². The van der Waals surface area contributed by atoms with Crippen LogP contribution in [0, 0.1) is 5.82 Å². The highest BCUT2D eigenvalue weighted by atomic mass is 35.5. The molecule has 0 N–H and O–H groups in total. The van der Waals surface area contributed by atoms with Crippen molar-refractivity contribution in [2.45, 2.75) is 11.4 Å². The summed E-state index contributed by atoms with van der Waals surface area (Å²) in [6, 6.07) is 7.28. The molecule has 7 nitrogen and oxygen atoms in total. The van der Waals surface area contributed by atoms with E-state index >= 15 is 0 Å². The van der Waals surface area contributed by atoms with Crippen LogP contribution < -0.4 is 0 Å². The normalized spacial score (nSPS) is 11.4. The van der Waals surface area contributed by atoms with Gasteiger partial charge in [-0.3, -0.25) is 0 Å². The highest BCUT2D eigenvalue weighted by molar-refractivity contribution is 7.89. The largest absolute Gasteiger partial charge is 0.465 e. The lowest BCUT2D eigenvalue weighted by Gasteiger charge is -2.19. The van der Waals surface area contributed by atoms with E-state index in [1.54, 1.807) is 0 Å². The molecule has 0 fully saturated rings. The molecule has 0 bridgehead atoms. The minimum atomic E-state index is -4.21. The lowest BCUT2D eigenvalue weighted by Crippen LogP contribution is -2.27. The third-order valence-electron chi connectivity index (χ3n) is 3.90. The maximum atomic E-state index is 14.0. The van der Waals surface area contributed by atoms with Gasteiger partial charge in [-0.1, -0.05) is 17.7 Å². The summed E-state index contributed by atoms with van der Waals surface area (Å²) in [6.07, 6.45) is 0. The number of nitrogens with zero attached hydrogens (tertiary/aromatic N) is 1. The maximum absolute atomic E-state index is 14.0. The maximum Gasteiger partial charge on any atom is 0.337 e. The molecule has 0 amide bonds. The summed E-state index contributed by atoms with van der Waals surface area (Å²) in [5, 5.41) is 0.0700. The van der Waals surface area contributed by atoms with Gasteiger partial charge in [0.15, 0.2) is 0 Å². The van der Waals surface area contributed by atoms with E-state index in [1.807, 2.05) is 0 Å². The van der Waals surface area contributed by atoms with Crippen molar-refractivity contribution in [2.75, 3.05) is 21.3 Å². The SMILES string of the molecule is COC(=O)c1cc(C(=O)OC)cc(S(=O)(=O)N(C)Cc2c(F)cccc2Cl)c1. The van der Waals surface area contributed by atoms with Gasteiger partial charge in [0.05, 0.1) is 30.2 Å². The molecular weight excluding hydrogens is 413 g/mol. The molecule has 0 saturated carbocycles. The number of sulfonamides is 1. The van der Waals surface area contributed by atoms with E-state index in [0.717, 1.165) is 42.8 Å². The number of benzene rings is 2. The number of hydrogen-bond donors (Lipinski definition) is 0. The number of carbonyl (C=O) groups excluding carboxylic acids is 2. The van der Waals surface area contributed by atoms with E-state index in [1.165, 1.54) is 19.2 Å². The highest BCUT2D eigenvalue weighted by Crippen LogP contribution is 2.25. The molecule has 28 heavy (non-hydrogen) atoms. The summed E-state index contributed by atoms with van der Waals surface area (Å²) >= 11 is 5.96. The van der Waals surface area contributed by atoms with Gasteiger partial charge < -0.3 is 9.47 Å². The number of halogens is 2. The molecule has 150 valence electrons. The van der Waals surface area contributed by atoms with Gasteiger partial charge in [-0.25, -0.2) is 22.4 Å². The van der Waals surface area contributed by atoms with E-state index in [-0.39, 0.29) is 33.2 Å². The molecule has 0 radical (unpaired) electrons. The third kappa shape index (κ3) is 4.49. The Morgan fingerprint density at radius 3 is 2.07 bits per heavy atom. The topological polar surface area (TPSA) is 90.0 Å². The number of rotatable bonds is 6. The third-order valence-corrected chi connectivity index (χ3v) is 6.03. The van der Waals surface area contributed by atoms with Gasteiger partial charge in [0.2, 0.25) is 10.0 Å². The Labute approximate surface area is 166 Å². The molecular formula is C18H17ClFNO6S. The Morgan fingerprint density at radius 1 is 1.07 bits per heavy atom. The molecule has 0 aliphatic heterocycles. The zero-order valence-corrected chi connectivity index (χ0v) is 16.8. The molecule has 2 rings (SSSR count). The molecule has 0 spiro atoms. The van der Waals surface area contributed by atoms with Gasteiger partial charge in [0.1, 0.15) is 5.82 Å². The summed E-state index contributed by atoms with van der Waals surface area (Å²) in [5.41, 5.74) is -0.310. The second kappa shape index (κ2) is 8.68. The summed E-state index contributed by atoms with van der Waals surface area (Å²) in [5.74, 6) is -2.32. The molecule has 0 atom stereocenters. The summed E-state index contributed by atoms with van der Waals surface area (Å²) < 4.78 is 49.9. The minimum Gasteiger partial charge on any atom is -0.465 e. The molecule has 2 aromatic rings. The van der Waals surface area contributed by atoms with Crippen molar-refractivity contribution in [2.24, 2.45) is 0 Å². The van der Waals surface area contributed by atoms with Crippen LogP contribution in [0.4, 0.5) is 4.39 Å². The van der Waals surface area contributed by atoms with Crippen LogP contribution in [0.25, 0.3) is 0 Å². The first-order valence-electron chi connectivity index (χ1n) is 7.82. The Morgan fingerprint density at radius 2 is 1.61 bits per heavy atom. The Kier molecular flexibility index (Phi) is 6.76. The standard InChI is InChI=1S/C18H17ClFNO6S/c1-21(10-14-15(19)5-4-6-16(14)20)28(24,25)13-8-11(17(22)26-2)7-12(9-13)18(23)27-3/h4-9H,10H2,1-3H3. The first-order chi connectivity index (χ1) is 13.1. The smallest absolute Gasteiger partial charge is 0.337 e. The zero-order valence-electron chi connectivity index (χ0n) is 15.2. The molecule has 0 unspecified atom stereocenters. The predicted molar refractivity (Wildman–Crippen MR) is 99.2 cm³/mol. The van der Waals surface area contributed by atoms with Crippen molar-refractivity contribution < 1.29 is 31.9 Å². The van der Waals surface area contributed by atoms with Crippen LogP contribution in [-0.4, -0.2) is 45.9 Å². The van der Waals surface area contributed by atoms with Crippen molar-refractivity contribution in [1.29, 1.82) is 0 Å². The molecule has 0 aliphatic rings. The fraction of sp³-hybridized carbons (Fsp3) is 0.222.